The number of non-ortho nitro benzene ring substituents is 1. The smallest absolute Gasteiger partial charge is 0.322 e. The highest BCUT2D eigenvalue weighted by Gasteiger charge is 2.17. The number of rotatable bonds is 8. The van der Waals surface area contributed by atoms with Crippen LogP contribution in [0.1, 0.15) is 31.7 Å². The van der Waals surface area contributed by atoms with Gasteiger partial charge in [-0.15, -0.1) is 0 Å². The Morgan fingerprint density at radius 2 is 2.05 bits per heavy atom. The summed E-state index contributed by atoms with van der Waals surface area (Å²) in [5, 5.41) is 13.7. The van der Waals surface area contributed by atoms with Crippen molar-refractivity contribution in [2.75, 3.05) is 7.11 Å². The summed E-state index contributed by atoms with van der Waals surface area (Å²) in [5.41, 5.74) is 0.949. The third kappa shape index (κ3) is 4.97. The van der Waals surface area contributed by atoms with E-state index in [2.05, 4.69) is 12.2 Å². The summed E-state index contributed by atoms with van der Waals surface area (Å²) >= 11 is 0. The van der Waals surface area contributed by atoms with E-state index in [1.54, 1.807) is 12.1 Å². The second-order valence-corrected chi connectivity index (χ2v) is 4.52. The Morgan fingerprint density at radius 1 is 1.40 bits per heavy atom. The Hall–Kier alpha value is -1.95. The molecule has 110 valence electrons. The molecule has 0 radical (unpaired) electrons. The number of carbonyl (C=O) groups excluding carboxylic acids is 1. The quantitative estimate of drug-likeness (QED) is 0.449. The normalized spacial score (nSPS) is 11.9. The number of esters is 1. The molecule has 0 saturated carbocycles. The van der Waals surface area contributed by atoms with Crippen LogP contribution in [-0.4, -0.2) is 24.0 Å². The van der Waals surface area contributed by atoms with Crippen LogP contribution in [0.5, 0.6) is 0 Å². The van der Waals surface area contributed by atoms with E-state index < -0.39 is 4.92 Å². The number of nitro groups is 1. The summed E-state index contributed by atoms with van der Waals surface area (Å²) in [6, 6.07) is 5.93. The lowest BCUT2D eigenvalue weighted by atomic mass is 10.1. The lowest BCUT2D eigenvalue weighted by Crippen LogP contribution is -2.37. The van der Waals surface area contributed by atoms with E-state index in [-0.39, 0.29) is 17.7 Å². The van der Waals surface area contributed by atoms with Gasteiger partial charge in [0.15, 0.2) is 0 Å². The van der Waals surface area contributed by atoms with E-state index >= 15 is 0 Å². The topological polar surface area (TPSA) is 81.5 Å². The molecular formula is C14H20N2O4. The van der Waals surface area contributed by atoms with E-state index in [9.17, 15) is 14.9 Å². The van der Waals surface area contributed by atoms with Crippen molar-refractivity contribution in [3.05, 3.63) is 39.9 Å². The van der Waals surface area contributed by atoms with Gasteiger partial charge in [0.25, 0.3) is 5.69 Å². The molecule has 1 aromatic carbocycles. The highest BCUT2D eigenvalue weighted by Crippen LogP contribution is 2.12. The van der Waals surface area contributed by atoms with Gasteiger partial charge in [-0.1, -0.05) is 31.9 Å². The molecule has 0 aliphatic heterocycles. The molecule has 0 spiro atoms. The Kier molecular flexibility index (Phi) is 6.66. The molecule has 1 atom stereocenters. The van der Waals surface area contributed by atoms with E-state index in [4.69, 9.17) is 4.74 Å². The number of methoxy groups -OCH3 is 1. The van der Waals surface area contributed by atoms with Gasteiger partial charge in [0.1, 0.15) is 6.04 Å². The third-order valence-electron chi connectivity index (χ3n) is 3.03. The molecule has 0 saturated heterocycles. The summed E-state index contributed by atoms with van der Waals surface area (Å²) < 4.78 is 4.76. The number of nitrogens with one attached hydrogen (secondary N) is 1. The van der Waals surface area contributed by atoms with Gasteiger partial charge < -0.3 is 10.1 Å². The molecule has 1 unspecified atom stereocenters. The van der Waals surface area contributed by atoms with Gasteiger partial charge in [-0.05, 0) is 12.0 Å². The van der Waals surface area contributed by atoms with Gasteiger partial charge in [-0.3, -0.25) is 14.9 Å². The number of hydrogen-bond donors (Lipinski definition) is 1. The van der Waals surface area contributed by atoms with E-state index in [0.717, 1.165) is 24.8 Å². The number of benzene rings is 1. The molecule has 0 aromatic heterocycles. The Morgan fingerprint density at radius 3 is 2.55 bits per heavy atom. The minimum absolute atomic E-state index is 0.0595. The highest BCUT2D eigenvalue weighted by atomic mass is 16.6. The van der Waals surface area contributed by atoms with Crippen molar-refractivity contribution in [3.63, 3.8) is 0 Å². The van der Waals surface area contributed by atoms with Crippen molar-refractivity contribution in [3.8, 4) is 0 Å². The van der Waals surface area contributed by atoms with Gasteiger partial charge in [0, 0.05) is 18.7 Å². The van der Waals surface area contributed by atoms with Crippen LogP contribution in [0, 0.1) is 10.1 Å². The molecule has 0 aliphatic carbocycles. The molecule has 1 rings (SSSR count). The van der Waals surface area contributed by atoms with Gasteiger partial charge in [0.05, 0.1) is 12.0 Å². The first-order valence-electron chi connectivity index (χ1n) is 6.63. The van der Waals surface area contributed by atoms with Crippen molar-refractivity contribution in [2.45, 2.75) is 38.8 Å². The Bertz CT molecular complexity index is 445. The molecule has 1 aromatic rings. The lowest BCUT2D eigenvalue weighted by molar-refractivity contribution is -0.384. The lowest BCUT2D eigenvalue weighted by Gasteiger charge is -2.16. The monoisotopic (exact) mass is 280 g/mol. The van der Waals surface area contributed by atoms with E-state index in [1.165, 1.54) is 19.2 Å². The van der Waals surface area contributed by atoms with Gasteiger partial charge in [-0.25, -0.2) is 0 Å². The van der Waals surface area contributed by atoms with Gasteiger partial charge in [0.2, 0.25) is 0 Å². The largest absolute Gasteiger partial charge is 0.468 e. The Balaban J connectivity index is 2.57. The number of nitrogens with zero attached hydrogens (tertiary/aromatic N) is 1. The van der Waals surface area contributed by atoms with Crippen LogP contribution in [0.2, 0.25) is 0 Å². The molecule has 6 nitrogen and oxygen atoms in total. The summed E-state index contributed by atoms with van der Waals surface area (Å²) in [6.45, 7) is 2.53. The first kappa shape index (κ1) is 16.1. The van der Waals surface area contributed by atoms with Crippen LogP contribution in [0.15, 0.2) is 24.3 Å². The average molecular weight is 280 g/mol. The molecule has 6 heteroatoms. The SMILES string of the molecule is CCCCC(NCc1ccc([N+](=O)[O-])cc1)C(=O)OC. The number of nitro benzene ring substituents is 1. The summed E-state index contributed by atoms with van der Waals surface area (Å²) in [7, 11) is 1.37. The van der Waals surface area contributed by atoms with Crippen LogP contribution < -0.4 is 5.32 Å². The first-order chi connectivity index (χ1) is 9.58. The first-order valence-corrected chi connectivity index (χ1v) is 6.63. The highest BCUT2D eigenvalue weighted by molar-refractivity contribution is 5.75. The van der Waals surface area contributed by atoms with Crippen LogP contribution in [0.3, 0.4) is 0 Å². The zero-order valence-corrected chi connectivity index (χ0v) is 11.8. The molecule has 0 aliphatic rings. The van der Waals surface area contributed by atoms with Crippen LogP contribution in [-0.2, 0) is 16.1 Å². The number of carbonyl (C=O) groups is 1. The second kappa shape index (κ2) is 8.27. The van der Waals surface area contributed by atoms with Gasteiger partial charge in [-0.2, -0.15) is 0 Å². The fourth-order valence-corrected chi connectivity index (χ4v) is 1.83. The van der Waals surface area contributed by atoms with Crippen LogP contribution >= 0.6 is 0 Å². The molecule has 0 amide bonds. The van der Waals surface area contributed by atoms with Crippen molar-refractivity contribution >= 4 is 11.7 Å². The molecule has 20 heavy (non-hydrogen) atoms. The summed E-state index contributed by atoms with van der Waals surface area (Å²) in [6.07, 6.45) is 2.66. The number of hydrogen-bond acceptors (Lipinski definition) is 5. The maximum atomic E-state index is 11.6. The molecule has 0 bridgehead atoms. The Labute approximate surface area is 118 Å². The predicted molar refractivity (Wildman–Crippen MR) is 75.3 cm³/mol. The molecule has 1 N–H and O–H groups in total. The van der Waals surface area contributed by atoms with Crippen LogP contribution in [0.25, 0.3) is 0 Å². The van der Waals surface area contributed by atoms with Crippen molar-refractivity contribution in [2.24, 2.45) is 0 Å². The molecule has 0 heterocycles. The maximum Gasteiger partial charge on any atom is 0.322 e. The summed E-state index contributed by atoms with van der Waals surface area (Å²) in [5.74, 6) is -0.277. The zero-order chi connectivity index (χ0) is 15.0. The molecule has 0 fully saturated rings. The van der Waals surface area contributed by atoms with Crippen molar-refractivity contribution < 1.29 is 14.5 Å². The number of unbranched alkanes of at least 4 members (excludes halogenated alkanes) is 1. The average Bonchev–Trinajstić information content (AvgIpc) is 2.47. The predicted octanol–water partition coefficient (Wildman–Crippen LogP) is 2.42. The van der Waals surface area contributed by atoms with Crippen molar-refractivity contribution in [1.29, 1.82) is 0 Å². The van der Waals surface area contributed by atoms with Crippen LogP contribution in [0.4, 0.5) is 5.69 Å². The third-order valence-corrected chi connectivity index (χ3v) is 3.03. The minimum Gasteiger partial charge on any atom is -0.468 e. The van der Waals surface area contributed by atoms with Gasteiger partial charge >= 0.3 is 5.97 Å². The summed E-state index contributed by atoms with van der Waals surface area (Å²) in [4.78, 5) is 21.7. The standard InChI is InChI=1S/C14H20N2O4/c1-3-4-5-13(14(17)20-2)15-10-11-6-8-12(9-7-11)16(18)19/h6-9,13,15H,3-5,10H2,1-2H3. The fourth-order valence-electron chi connectivity index (χ4n) is 1.83. The maximum absolute atomic E-state index is 11.6. The van der Waals surface area contributed by atoms with E-state index in [0.29, 0.717) is 6.54 Å². The van der Waals surface area contributed by atoms with E-state index in [1.807, 2.05) is 0 Å². The molecular weight excluding hydrogens is 260 g/mol. The second-order valence-electron chi connectivity index (χ2n) is 4.52. The fraction of sp³-hybridized carbons (Fsp3) is 0.500. The number of ether oxygens (including phenoxy) is 1. The van der Waals surface area contributed by atoms with Crippen molar-refractivity contribution in [1.82, 2.24) is 5.32 Å². The minimum atomic E-state index is -0.435. The zero-order valence-electron chi connectivity index (χ0n) is 11.8.